The van der Waals surface area contributed by atoms with E-state index in [1.54, 1.807) is 0 Å². The molecule has 0 aromatic heterocycles. The third-order valence-corrected chi connectivity index (χ3v) is 4.51. The average Bonchev–Trinajstić information content (AvgIpc) is 2.49. The SMILES string of the molecule is CC1CCC(OCC(=O)Nc2ccccc2CN)CC1C. The van der Waals surface area contributed by atoms with Gasteiger partial charge in [0, 0.05) is 12.2 Å². The summed E-state index contributed by atoms with van der Waals surface area (Å²) in [5, 5.41) is 2.88. The summed E-state index contributed by atoms with van der Waals surface area (Å²) in [7, 11) is 0. The number of rotatable bonds is 5. The lowest BCUT2D eigenvalue weighted by Crippen LogP contribution is -2.30. The number of para-hydroxylation sites is 1. The van der Waals surface area contributed by atoms with Gasteiger partial charge in [-0.3, -0.25) is 4.79 Å². The number of hydrogen-bond donors (Lipinski definition) is 2. The molecule has 2 rings (SSSR count). The summed E-state index contributed by atoms with van der Waals surface area (Å²) in [6, 6.07) is 7.59. The first-order valence-electron chi connectivity index (χ1n) is 7.79. The molecule has 4 nitrogen and oxygen atoms in total. The van der Waals surface area contributed by atoms with Gasteiger partial charge in [-0.25, -0.2) is 0 Å². The highest BCUT2D eigenvalue weighted by atomic mass is 16.5. The van der Waals surface area contributed by atoms with E-state index >= 15 is 0 Å². The summed E-state index contributed by atoms with van der Waals surface area (Å²) in [4.78, 5) is 12.0. The molecule has 0 radical (unpaired) electrons. The van der Waals surface area contributed by atoms with Crippen molar-refractivity contribution in [3.8, 4) is 0 Å². The molecule has 1 amide bonds. The molecule has 0 aliphatic heterocycles. The van der Waals surface area contributed by atoms with Crippen LogP contribution < -0.4 is 11.1 Å². The topological polar surface area (TPSA) is 64.3 Å². The van der Waals surface area contributed by atoms with Crippen molar-refractivity contribution in [1.29, 1.82) is 0 Å². The van der Waals surface area contributed by atoms with Gasteiger partial charge >= 0.3 is 0 Å². The van der Waals surface area contributed by atoms with Gasteiger partial charge in [-0.1, -0.05) is 32.0 Å². The fourth-order valence-electron chi connectivity index (χ4n) is 2.85. The van der Waals surface area contributed by atoms with Gasteiger partial charge in [0.25, 0.3) is 0 Å². The molecule has 1 aromatic carbocycles. The van der Waals surface area contributed by atoms with Crippen LogP contribution in [0.4, 0.5) is 5.69 Å². The minimum atomic E-state index is -0.109. The molecule has 0 heterocycles. The second-order valence-corrected chi connectivity index (χ2v) is 6.11. The van der Waals surface area contributed by atoms with E-state index in [9.17, 15) is 4.79 Å². The first kappa shape index (κ1) is 16.0. The highest BCUT2D eigenvalue weighted by Crippen LogP contribution is 2.30. The van der Waals surface area contributed by atoms with E-state index < -0.39 is 0 Å². The Morgan fingerprint density at radius 1 is 1.29 bits per heavy atom. The fourth-order valence-corrected chi connectivity index (χ4v) is 2.85. The molecule has 1 aliphatic rings. The number of ether oxygens (including phenoxy) is 1. The Morgan fingerprint density at radius 3 is 2.76 bits per heavy atom. The van der Waals surface area contributed by atoms with Crippen LogP contribution in [0.15, 0.2) is 24.3 Å². The Balaban J connectivity index is 1.80. The van der Waals surface area contributed by atoms with Gasteiger partial charge in [-0.2, -0.15) is 0 Å². The number of nitrogens with two attached hydrogens (primary N) is 1. The quantitative estimate of drug-likeness (QED) is 0.876. The van der Waals surface area contributed by atoms with E-state index in [0.717, 1.165) is 30.0 Å². The number of carbonyl (C=O) groups excluding carboxylic acids is 1. The summed E-state index contributed by atoms with van der Waals surface area (Å²) in [6.45, 7) is 5.08. The van der Waals surface area contributed by atoms with Crippen molar-refractivity contribution >= 4 is 11.6 Å². The second kappa shape index (κ2) is 7.57. The number of carbonyl (C=O) groups is 1. The van der Waals surface area contributed by atoms with Crippen LogP contribution in [0.5, 0.6) is 0 Å². The molecule has 3 atom stereocenters. The predicted octanol–water partition coefficient (Wildman–Crippen LogP) is 2.93. The molecule has 1 aromatic rings. The van der Waals surface area contributed by atoms with Gasteiger partial charge in [0.05, 0.1) is 6.10 Å². The normalized spacial score (nSPS) is 25.6. The first-order valence-corrected chi connectivity index (χ1v) is 7.79. The maximum absolute atomic E-state index is 12.0. The van der Waals surface area contributed by atoms with Crippen LogP contribution in [0.25, 0.3) is 0 Å². The molecule has 0 saturated heterocycles. The molecule has 1 aliphatic carbocycles. The Kier molecular flexibility index (Phi) is 5.76. The number of amides is 1. The van der Waals surface area contributed by atoms with E-state index in [2.05, 4.69) is 19.2 Å². The molecule has 3 unspecified atom stereocenters. The highest BCUT2D eigenvalue weighted by Gasteiger charge is 2.25. The number of nitrogens with one attached hydrogen (secondary N) is 1. The molecule has 0 bridgehead atoms. The van der Waals surface area contributed by atoms with Gasteiger partial charge in [0.1, 0.15) is 6.61 Å². The Bertz CT molecular complexity index is 476. The predicted molar refractivity (Wildman–Crippen MR) is 84.9 cm³/mol. The van der Waals surface area contributed by atoms with Crippen LogP contribution in [0, 0.1) is 11.8 Å². The van der Waals surface area contributed by atoms with Crippen LogP contribution in [0.1, 0.15) is 38.7 Å². The fraction of sp³-hybridized carbons (Fsp3) is 0.588. The van der Waals surface area contributed by atoms with E-state index in [1.165, 1.54) is 6.42 Å². The lowest BCUT2D eigenvalue weighted by Gasteiger charge is -2.31. The largest absolute Gasteiger partial charge is 0.368 e. The third kappa shape index (κ3) is 4.55. The van der Waals surface area contributed by atoms with Crippen molar-refractivity contribution in [2.45, 2.75) is 45.8 Å². The zero-order valence-electron chi connectivity index (χ0n) is 13.0. The van der Waals surface area contributed by atoms with Crippen LogP contribution in [-0.4, -0.2) is 18.6 Å². The molecular weight excluding hydrogens is 264 g/mol. The van der Waals surface area contributed by atoms with E-state index in [-0.39, 0.29) is 18.6 Å². The smallest absolute Gasteiger partial charge is 0.250 e. The lowest BCUT2D eigenvalue weighted by atomic mass is 9.80. The van der Waals surface area contributed by atoms with Gasteiger partial charge < -0.3 is 15.8 Å². The summed E-state index contributed by atoms with van der Waals surface area (Å²) >= 11 is 0. The van der Waals surface area contributed by atoms with Crippen LogP contribution in [0.3, 0.4) is 0 Å². The Labute approximate surface area is 127 Å². The second-order valence-electron chi connectivity index (χ2n) is 6.11. The standard InChI is InChI=1S/C17H26N2O2/c1-12-7-8-15(9-13(12)2)21-11-17(20)19-16-6-4-3-5-14(16)10-18/h3-6,12-13,15H,7-11,18H2,1-2H3,(H,19,20). The van der Waals surface area contributed by atoms with Crippen LogP contribution >= 0.6 is 0 Å². The van der Waals surface area contributed by atoms with Crippen molar-refractivity contribution in [2.24, 2.45) is 17.6 Å². The molecule has 1 fully saturated rings. The summed E-state index contributed by atoms with van der Waals surface area (Å²) in [5.41, 5.74) is 7.38. The van der Waals surface area contributed by atoms with Gasteiger partial charge in [0.2, 0.25) is 5.91 Å². The van der Waals surface area contributed by atoms with E-state index in [0.29, 0.717) is 12.5 Å². The highest BCUT2D eigenvalue weighted by molar-refractivity contribution is 5.92. The molecule has 3 N–H and O–H groups in total. The van der Waals surface area contributed by atoms with Crippen molar-refractivity contribution in [1.82, 2.24) is 0 Å². The first-order chi connectivity index (χ1) is 10.1. The number of hydrogen-bond acceptors (Lipinski definition) is 3. The summed E-state index contributed by atoms with van der Waals surface area (Å²) < 4.78 is 5.77. The molecule has 4 heteroatoms. The summed E-state index contributed by atoms with van der Waals surface area (Å²) in [6.07, 6.45) is 3.50. The monoisotopic (exact) mass is 290 g/mol. The summed E-state index contributed by atoms with van der Waals surface area (Å²) in [5.74, 6) is 1.32. The minimum Gasteiger partial charge on any atom is -0.368 e. The van der Waals surface area contributed by atoms with Gasteiger partial charge in [0.15, 0.2) is 0 Å². The zero-order chi connectivity index (χ0) is 15.2. The zero-order valence-corrected chi connectivity index (χ0v) is 13.0. The van der Waals surface area contributed by atoms with Crippen LogP contribution in [-0.2, 0) is 16.1 Å². The molecule has 1 saturated carbocycles. The Morgan fingerprint density at radius 2 is 2.05 bits per heavy atom. The number of benzene rings is 1. The minimum absolute atomic E-state index is 0.109. The van der Waals surface area contributed by atoms with E-state index in [4.69, 9.17) is 10.5 Å². The number of anilines is 1. The molecular formula is C17H26N2O2. The molecule has 21 heavy (non-hydrogen) atoms. The van der Waals surface area contributed by atoms with Crippen LogP contribution in [0.2, 0.25) is 0 Å². The maximum Gasteiger partial charge on any atom is 0.250 e. The molecule has 116 valence electrons. The maximum atomic E-state index is 12.0. The van der Waals surface area contributed by atoms with Gasteiger partial charge in [-0.05, 0) is 42.7 Å². The average molecular weight is 290 g/mol. The third-order valence-electron chi connectivity index (χ3n) is 4.51. The van der Waals surface area contributed by atoms with Crippen molar-refractivity contribution in [2.75, 3.05) is 11.9 Å². The lowest BCUT2D eigenvalue weighted by molar-refractivity contribution is -0.123. The van der Waals surface area contributed by atoms with E-state index in [1.807, 2.05) is 24.3 Å². The van der Waals surface area contributed by atoms with Gasteiger partial charge in [-0.15, -0.1) is 0 Å². The van der Waals surface area contributed by atoms with Crippen molar-refractivity contribution < 1.29 is 9.53 Å². The van der Waals surface area contributed by atoms with Crippen molar-refractivity contribution in [3.63, 3.8) is 0 Å². The Hall–Kier alpha value is -1.39. The van der Waals surface area contributed by atoms with Crippen molar-refractivity contribution in [3.05, 3.63) is 29.8 Å². The molecule has 0 spiro atoms.